The van der Waals surface area contributed by atoms with Crippen molar-refractivity contribution in [1.29, 1.82) is 0 Å². The highest BCUT2D eigenvalue weighted by atomic mass is 35.5. The Morgan fingerprint density at radius 2 is 2.00 bits per heavy atom. The Morgan fingerprint density at radius 3 is 2.65 bits per heavy atom. The van der Waals surface area contributed by atoms with Crippen molar-refractivity contribution in [2.24, 2.45) is 5.73 Å². The van der Waals surface area contributed by atoms with Crippen LogP contribution in [0.4, 0.5) is 5.69 Å². The lowest BCUT2D eigenvalue weighted by Gasteiger charge is -2.18. The molecule has 3 N–H and O–H groups in total. The zero-order valence-electron chi connectivity index (χ0n) is 11.1. The maximum absolute atomic E-state index is 12.2. The van der Waals surface area contributed by atoms with Crippen LogP contribution in [-0.2, 0) is 15.0 Å². The van der Waals surface area contributed by atoms with Gasteiger partial charge in [0.05, 0.1) is 13.1 Å². The number of carbonyl (C=O) groups excluding carboxylic acids is 2. The molecule has 0 aromatic heterocycles. The van der Waals surface area contributed by atoms with Gasteiger partial charge in [-0.05, 0) is 24.5 Å². The summed E-state index contributed by atoms with van der Waals surface area (Å²) < 4.78 is 0. The molecule has 0 atom stereocenters. The van der Waals surface area contributed by atoms with Crippen LogP contribution in [0.3, 0.4) is 0 Å². The van der Waals surface area contributed by atoms with E-state index in [2.05, 4.69) is 11.4 Å². The number of anilines is 1. The second-order valence-corrected chi connectivity index (χ2v) is 5.26. The molecule has 1 aromatic carbocycles. The van der Waals surface area contributed by atoms with Gasteiger partial charge in [-0.15, -0.1) is 12.4 Å². The van der Waals surface area contributed by atoms with Crippen LogP contribution in [0, 0.1) is 0 Å². The van der Waals surface area contributed by atoms with Gasteiger partial charge in [-0.1, -0.05) is 18.2 Å². The number of para-hydroxylation sites is 1. The average molecular weight is 296 g/mol. The molecule has 1 heterocycles. The molecule has 1 aliphatic carbocycles. The monoisotopic (exact) mass is 295 g/mol. The number of rotatable bonds is 3. The third-order valence-corrected chi connectivity index (χ3v) is 4.00. The highest BCUT2D eigenvalue weighted by Crippen LogP contribution is 2.56. The molecule has 1 fully saturated rings. The first-order valence-electron chi connectivity index (χ1n) is 6.53. The maximum atomic E-state index is 12.2. The molecule has 0 bridgehead atoms. The van der Waals surface area contributed by atoms with Crippen LogP contribution < -0.4 is 16.0 Å². The second kappa shape index (κ2) is 5.42. The molecule has 0 saturated heterocycles. The number of carbonyl (C=O) groups is 2. The summed E-state index contributed by atoms with van der Waals surface area (Å²) in [7, 11) is 0. The SMILES string of the molecule is Cl.NCC(=O)NCC(=O)N1CC2(CC2)c2ccccc21. The van der Waals surface area contributed by atoms with E-state index < -0.39 is 0 Å². The quantitative estimate of drug-likeness (QED) is 0.856. The first-order chi connectivity index (χ1) is 9.16. The van der Waals surface area contributed by atoms with Crippen molar-refractivity contribution < 1.29 is 9.59 Å². The van der Waals surface area contributed by atoms with E-state index in [0.717, 1.165) is 25.1 Å². The summed E-state index contributed by atoms with van der Waals surface area (Å²) in [5.74, 6) is -0.375. The number of fused-ring (bicyclic) bond motifs is 2. The molecule has 20 heavy (non-hydrogen) atoms. The summed E-state index contributed by atoms with van der Waals surface area (Å²) in [6.07, 6.45) is 2.28. The van der Waals surface area contributed by atoms with Crippen molar-refractivity contribution in [3.05, 3.63) is 29.8 Å². The molecule has 0 unspecified atom stereocenters. The van der Waals surface area contributed by atoms with E-state index in [4.69, 9.17) is 5.73 Å². The van der Waals surface area contributed by atoms with E-state index in [1.54, 1.807) is 4.90 Å². The fourth-order valence-corrected chi connectivity index (χ4v) is 2.77. The fraction of sp³-hybridized carbons (Fsp3) is 0.429. The van der Waals surface area contributed by atoms with Crippen LogP contribution in [0.25, 0.3) is 0 Å². The van der Waals surface area contributed by atoms with Gasteiger partial charge >= 0.3 is 0 Å². The van der Waals surface area contributed by atoms with Gasteiger partial charge in [0.2, 0.25) is 11.8 Å². The molecule has 2 aliphatic rings. The van der Waals surface area contributed by atoms with Gasteiger partial charge in [0.25, 0.3) is 0 Å². The Bertz CT molecular complexity index is 543. The molecule has 5 nitrogen and oxygen atoms in total. The van der Waals surface area contributed by atoms with Gasteiger partial charge in [0, 0.05) is 17.6 Å². The summed E-state index contributed by atoms with van der Waals surface area (Å²) in [6.45, 7) is 0.665. The molecule has 1 aromatic rings. The van der Waals surface area contributed by atoms with E-state index >= 15 is 0 Å². The lowest BCUT2D eigenvalue weighted by Crippen LogP contribution is -2.42. The Morgan fingerprint density at radius 1 is 1.30 bits per heavy atom. The Hall–Kier alpha value is -1.59. The highest BCUT2D eigenvalue weighted by Gasteiger charge is 2.52. The van der Waals surface area contributed by atoms with Crippen molar-refractivity contribution in [2.45, 2.75) is 18.3 Å². The number of nitrogens with zero attached hydrogens (tertiary/aromatic N) is 1. The van der Waals surface area contributed by atoms with Gasteiger partial charge in [0.1, 0.15) is 0 Å². The lowest BCUT2D eigenvalue weighted by atomic mass is 9.99. The smallest absolute Gasteiger partial charge is 0.246 e. The third kappa shape index (κ3) is 2.39. The molecule has 1 spiro atoms. The van der Waals surface area contributed by atoms with Gasteiger partial charge < -0.3 is 16.0 Å². The predicted molar refractivity (Wildman–Crippen MR) is 79.0 cm³/mol. The van der Waals surface area contributed by atoms with Crippen LogP contribution >= 0.6 is 12.4 Å². The maximum Gasteiger partial charge on any atom is 0.246 e. The largest absolute Gasteiger partial charge is 0.346 e. The number of hydrogen-bond donors (Lipinski definition) is 2. The van der Waals surface area contributed by atoms with Crippen LogP contribution in [0.15, 0.2) is 24.3 Å². The van der Waals surface area contributed by atoms with E-state index in [9.17, 15) is 9.59 Å². The minimum atomic E-state index is -0.304. The van der Waals surface area contributed by atoms with Crippen molar-refractivity contribution in [3.63, 3.8) is 0 Å². The standard InChI is InChI=1S/C14H17N3O2.ClH/c15-7-12(18)16-8-13(19)17-9-14(5-6-14)10-3-1-2-4-11(10)17;/h1-4H,5-9,15H2,(H,16,18);1H. The van der Waals surface area contributed by atoms with Crippen molar-refractivity contribution >= 4 is 29.9 Å². The molecule has 1 saturated carbocycles. The van der Waals surface area contributed by atoms with E-state index in [-0.39, 0.29) is 42.7 Å². The molecule has 0 radical (unpaired) electrons. The predicted octanol–water partition coefficient (Wildman–Crippen LogP) is 0.561. The zero-order chi connectivity index (χ0) is 13.5. The minimum absolute atomic E-state index is 0. The molecular weight excluding hydrogens is 278 g/mol. The van der Waals surface area contributed by atoms with E-state index in [0.29, 0.717) is 0 Å². The van der Waals surface area contributed by atoms with Gasteiger partial charge in [-0.2, -0.15) is 0 Å². The van der Waals surface area contributed by atoms with Crippen molar-refractivity contribution in [3.8, 4) is 0 Å². The molecule has 108 valence electrons. The van der Waals surface area contributed by atoms with Gasteiger partial charge in [-0.3, -0.25) is 9.59 Å². The van der Waals surface area contributed by atoms with Gasteiger partial charge in [0.15, 0.2) is 0 Å². The summed E-state index contributed by atoms with van der Waals surface area (Å²) >= 11 is 0. The summed E-state index contributed by atoms with van der Waals surface area (Å²) in [5, 5.41) is 2.53. The third-order valence-electron chi connectivity index (χ3n) is 4.00. The summed E-state index contributed by atoms with van der Waals surface area (Å²) in [6, 6.07) is 8.04. The number of halogens is 1. The van der Waals surface area contributed by atoms with Crippen LogP contribution in [-0.4, -0.2) is 31.4 Å². The number of nitrogens with two attached hydrogens (primary N) is 1. The normalized spacial score (nSPS) is 17.4. The minimum Gasteiger partial charge on any atom is -0.346 e. The lowest BCUT2D eigenvalue weighted by molar-refractivity contribution is -0.124. The molecule has 2 amide bonds. The zero-order valence-corrected chi connectivity index (χ0v) is 11.9. The fourth-order valence-electron chi connectivity index (χ4n) is 2.77. The molecular formula is C14H18ClN3O2. The number of hydrogen-bond acceptors (Lipinski definition) is 3. The van der Waals surface area contributed by atoms with Crippen molar-refractivity contribution in [1.82, 2.24) is 5.32 Å². The van der Waals surface area contributed by atoms with E-state index in [1.807, 2.05) is 18.2 Å². The number of benzene rings is 1. The second-order valence-electron chi connectivity index (χ2n) is 5.26. The summed E-state index contributed by atoms with van der Waals surface area (Å²) in [4.78, 5) is 25.1. The van der Waals surface area contributed by atoms with E-state index in [1.165, 1.54) is 5.56 Å². The van der Waals surface area contributed by atoms with Crippen LogP contribution in [0.1, 0.15) is 18.4 Å². The topological polar surface area (TPSA) is 75.4 Å². The van der Waals surface area contributed by atoms with Crippen molar-refractivity contribution in [2.75, 3.05) is 24.5 Å². The Labute approximate surface area is 123 Å². The summed E-state index contributed by atoms with van der Waals surface area (Å²) in [5.41, 5.74) is 7.65. The first kappa shape index (κ1) is 14.8. The van der Waals surface area contributed by atoms with Gasteiger partial charge in [-0.25, -0.2) is 0 Å². The number of amides is 2. The molecule has 1 aliphatic heterocycles. The number of nitrogens with one attached hydrogen (secondary N) is 1. The average Bonchev–Trinajstić information content (AvgIpc) is 3.14. The first-order valence-corrected chi connectivity index (χ1v) is 6.53. The van der Waals surface area contributed by atoms with Crippen LogP contribution in [0.5, 0.6) is 0 Å². The molecule has 3 rings (SSSR count). The highest BCUT2D eigenvalue weighted by molar-refractivity contribution is 5.99. The van der Waals surface area contributed by atoms with Crippen LogP contribution in [0.2, 0.25) is 0 Å². The Balaban J connectivity index is 0.00000147. The molecule has 6 heteroatoms. The Kier molecular flexibility index (Phi) is 4.01.